The first-order valence-electron chi connectivity index (χ1n) is 7.66. The van der Waals surface area contributed by atoms with Crippen molar-refractivity contribution in [2.75, 3.05) is 18.6 Å². The predicted molar refractivity (Wildman–Crippen MR) is 82.9 cm³/mol. The lowest BCUT2D eigenvalue weighted by Gasteiger charge is -2.27. The van der Waals surface area contributed by atoms with Gasteiger partial charge in [-0.15, -0.1) is 0 Å². The van der Waals surface area contributed by atoms with Crippen molar-refractivity contribution in [1.29, 1.82) is 0 Å². The molecule has 0 heterocycles. The second-order valence-electron chi connectivity index (χ2n) is 5.53. The molecule has 0 radical (unpaired) electrons. The number of amides is 1. The molecule has 0 aromatic carbocycles. The Balaban J connectivity index is 2.19. The molecule has 2 unspecified atom stereocenters. The first kappa shape index (κ1) is 17.3. The van der Waals surface area contributed by atoms with Gasteiger partial charge in [-0.25, -0.2) is 0 Å². The highest BCUT2D eigenvalue weighted by Gasteiger charge is 2.35. The third-order valence-electron chi connectivity index (χ3n) is 3.99. The maximum absolute atomic E-state index is 12.1. The molecular weight excluding hydrogens is 274 g/mol. The normalized spacial score (nSPS) is 22.4. The van der Waals surface area contributed by atoms with Crippen molar-refractivity contribution in [3.05, 3.63) is 0 Å². The molecule has 0 spiro atoms. The van der Waals surface area contributed by atoms with Crippen LogP contribution in [-0.4, -0.2) is 35.5 Å². The number of carbonyl (C=O) groups is 2. The van der Waals surface area contributed by atoms with Crippen molar-refractivity contribution >= 4 is 23.6 Å². The summed E-state index contributed by atoms with van der Waals surface area (Å²) in [6, 6.07) is 0. The molecule has 0 aromatic heterocycles. The Kier molecular flexibility index (Phi) is 8.74. The zero-order chi connectivity index (χ0) is 14.8. The Bertz CT molecular complexity index is 309. The summed E-state index contributed by atoms with van der Waals surface area (Å²) >= 11 is 1.87. The van der Waals surface area contributed by atoms with Crippen LogP contribution in [0.3, 0.4) is 0 Å². The van der Waals surface area contributed by atoms with Crippen molar-refractivity contribution in [3.63, 3.8) is 0 Å². The van der Waals surface area contributed by atoms with Gasteiger partial charge in [-0.2, -0.15) is 11.8 Å². The van der Waals surface area contributed by atoms with E-state index < -0.39 is 11.9 Å². The van der Waals surface area contributed by atoms with Crippen molar-refractivity contribution in [1.82, 2.24) is 5.32 Å². The van der Waals surface area contributed by atoms with E-state index in [9.17, 15) is 9.59 Å². The molecule has 2 N–H and O–H groups in total. The van der Waals surface area contributed by atoms with Crippen molar-refractivity contribution in [2.24, 2.45) is 11.8 Å². The van der Waals surface area contributed by atoms with Crippen LogP contribution in [0.5, 0.6) is 0 Å². The van der Waals surface area contributed by atoms with Gasteiger partial charge in [-0.1, -0.05) is 25.7 Å². The largest absolute Gasteiger partial charge is 0.481 e. The molecule has 5 heteroatoms. The Morgan fingerprint density at radius 2 is 1.75 bits per heavy atom. The minimum Gasteiger partial charge on any atom is -0.481 e. The summed E-state index contributed by atoms with van der Waals surface area (Å²) in [7, 11) is 0. The second kappa shape index (κ2) is 10.1. The topological polar surface area (TPSA) is 66.4 Å². The third-order valence-corrected chi connectivity index (χ3v) is 4.69. The minimum atomic E-state index is -0.818. The summed E-state index contributed by atoms with van der Waals surface area (Å²) in [6.45, 7) is 0.681. The van der Waals surface area contributed by atoms with E-state index in [1.54, 1.807) is 0 Å². The SMILES string of the molecule is CSCCCCCCNC(=O)C1CCCCC1C(=O)O. The van der Waals surface area contributed by atoms with Gasteiger partial charge in [0, 0.05) is 6.54 Å². The smallest absolute Gasteiger partial charge is 0.307 e. The standard InChI is InChI=1S/C15H27NO3S/c1-20-11-7-3-2-6-10-16-14(17)12-8-4-5-9-13(12)15(18)19/h12-13H,2-11H2,1H3,(H,16,17)(H,18,19). The first-order chi connectivity index (χ1) is 9.66. The van der Waals surface area contributed by atoms with E-state index in [2.05, 4.69) is 11.6 Å². The number of thioether (sulfide) groups is 1. The lowest BCUT2D eigenvalue weighted by molar-refractivity contribution is -0.148. The Morgan fingerprint density at radius 3 is 2.40 bits per heavy atom. The van der Waals surface area contributed by atoms with Gasteiger partial charge >= 0.3 is 5.97 Å². The maximum Gasteiger partial charge on any atom is 0.307 e. The summed E-state index contributed by atoms with van der Waals surface area (Å²) in [5, 5.41) is 12.1. The highest BCUT2D eigenvalue weighted by atomic mass is 32.2. The van der Waals surface area contributed by atoms with E-state index in [4.69, 9.17) is 5.11 Å². The van der Waals surface area contributed by atoms with Gasteiger partial charge in [0.1, 0.15) is 0 Å². The fraction of sp³-hybridized carbons (Fsp3) is 0.867. The lowest BCUT2D eigenvalue weighted by atomic mass is 9.78. The number of carboxylic acids is 1. The molecule has 0 aliphatic heterocycles. The number of carboxylic acid groups (broad SMARTS) is 1. The molecule has 1 aliphatic carbocycles. The maximum atomic E-state index is 12.1. The van der Waals surface area contributed by atoms with Gasteiger partial charge < -0.3 is 10.4 Å². The third kappa shape index (κ3) is 6.16. The molecule has 1 rings (SSSR count). The fourth-order valence-electron chi connectivity index (χ4n) is 2.81. The number of rotatable bonds is 9. The summed E-state index contributed by atoms with van der Waals surface area (Å²) < 4.78 is 0. The van der Waals surface area contributed by atoms with Crippen molar-refractivity contribution in [2.45, 2.75) is 51.4 Å². The van der Waals surface area contributed by atoms with Gasteiger partial charge in [0.15, 0.2) is 0 Å². The van der Waals surface area contributed by atoms with Gasteiger partial charge in [0.25, 0.3) is 0 Å². The van der Waals surface area contributed by atoms with Crippen LogP contribution in [-0.2, 0) is 9.59 Å². The highest BCUT2D eigenvalue weighted by molar-refractivity contribution is 7.98. The van der Waals surface area contributed by atoms with Crippen LogP contribution in [0.25, 0.3) is 0 Å². The minimum absolute atomic E-state index is 0.0544. The predicted octanol–water partition coefficient (Wildman–Crippen LogP) is 2.92. The number of unbranched alkanes of at least 4 members (excludes halogenated alkanes) is 3. The molecule has 116 valence electrons. The van der Waals surface area contributed by atoms with Crippen LogP contribution >= 0.6 is 11.8 Å². The summed E-state index contributed by atoms with van der Waals surface area (Å²) in [4.78, 5) is 23.2. The van der Waals surface area contributed by atoms with Crippen LogP contribution in [0.2, 0.25) is 0 Å². The average Bonchev–Trinajstić information content (AvgIpc) is 2.46. The molecule has 0 saturated heterocycles. The molecule has 0 bridgehead atoms. The second-order valence-corrected chi connectivity index (χ2v) is 6.52. The molecule has 0 aromatic rings. The van der Waals surface area contributed by atoms with Gasteiger partial charge in [0.05, 0.1) is 11.8 Å². The number of carbonyl (C=O) groups excluding carboxylic acids is 1. The van der Waals surface area contributed by atoms with Crippen LogP contribution in [0.4, 0.5) is 0 Å². The molecule has 1 amide bonds. The van der Waals surface area contributed by atoms with Gasteiger partial charge in [0.2, 0.25) is 5.91 Å². The number of aliphatic carboxylic acids is 1. The molecule has 1 fully saturated rings. The summed E-state index contributed by atoms with van der Waals surface area (Å²) in [6.07, 6.45) is 9.93. The van der Waals surface area contributed by atoms with E-state index in [1.165, 1.54) is 18.6 Å². The number of hydrogen-bond acceptors (Lipinski definition) is 3. The Labute approximate surface area is 126 Å². The van der Waals surface area contributed by atoms with Crippen LogP contribution in [0.15, 0.2) is 0 Å². The quantitative estimate of drug-likeness (QED) is 0.643. The van der Waals surface area contributed by atoms with Crippen LogP contribution < -0.4 is 5.32 Å². The monoisotopic (exact) mass is 301 g/mol. The van der Waals surface area contributed by atoms with Gasteiger partial charge in [-0.05, 0) is 37.7 Å². The van der Waals surface area contributed by atoms with E-state index >= 15 is 0 Å². The average molecular weight is 301 g/mol. The van der Waals surface area contributed by atoms with E-state index in [-0.39, 0.29) is 11.8 Å². The van der Waals surface area contributed by atoms with Crippen molar-refractivity contribution in [3.8, 4) is 0 Å². The van der Waals surface area contributed by atoms with Gasteiger partial charge in [-0.3, -0.25) is 9.59 Å². The Morgan fingerprint density at radius 1 is 1.10 bits per heavy atom. The van der Waals surface area contributed by atoms with E-state index in [0.29, 0.717) is 13.0 Å². The molecular formula is C15H27NO3S. The summed E-state index contributed by atoms with van der Waals surface area (Å²) in [5.41, 5.74) is 0. The first-order valence-corrected chi connectivity index (χ1v) is 9.05. The van der Waals surface area contributed by atoms with E-state index in [1.807, 2.05) is 11.8 Å². The van der Waals surface area contributed by atoms with Crippen molar-refractivity contribution < 1.29 is 14.7 Å². The lowest BCUT2D eigenvalue weighted by Crippen LogP contribution is -2.40. The van der Waals surface area contributed by atoms with E-state index in [0.717, 1.165) is 32.1 Å². The fourth-order valence-corrected chi connectivity index (χ4v) is 3.30. The molecule has 1 aliphatic rings. The number of hydrogen-bond donors (Lipinski definition) is 2. The van der Waals surface area contributed by atoms with Crippen LogP contribution in [0, 0.1) is 11.8 Å². The molecule has 1 saturated carbocycles. The molecule has 20 heavy (non-hydrogen) atoms. The molecule has 4 nitrogen and oxygen atoms in total. The number of nitrogens with one attached hydrogen (secondary N) is 1. The highest BCUT2D eigenvalue weighted by Crippen LogP contribution is 2.30. The zero-order valence-corrected chi connectivity index (χ0v) is 13.2. The summed E-state index contributed by atoms with van der Waals surface area (Å²) in [5.74, 6) is -0.472. The zero-order valence-electron chi connectivity index (χ0n) is 12.4. The Hall–Kier alpha value is -0.710. The molecule has 2 atom stereocenters. The van der Waals surface area contributed by atoms with Crippen LogP contribution in [0.1, 0.15) is 51.4 Å².